The largest absolute Gasteiger partial charge is 0.376 e. The number of anilines is 2. The monoisotopic (exact) mass is 947 g/mol. The fourth-order valence-corrected chi connectivity index (χ4v) is 9.68. The lowest BCUT2D eigenvalue weighted by Crippen LogP contribution is -2.54. The van der Waals surface area contributed by atoms with Crippen molar-refractivity contribution in [3.63, 3.8) is 0 Å². The summed E-state index contributed by atoms with van der Waals surface area (Å²) in [6.45, 7) is 4.04. The van der Waals surface area contributed by atoms with E-state index in [0.717, 1.165) is 84.6 Å². The molecule has 12 nitrogen and oxygen atoms in total. The van der Waals surface area contributed by atoms with Crippen molar-refractivity contribution in [3.8, 4) is 11.3 Å². The average molecular weight is 950 g/mol. The molecule has 0 radical (unpaired) electrons. The zero-order valence-electron chi connectivity index (χ0n) is 33.6. The third kappa shape index (κ3) is 12.5. The van der Waals surface area contributed by atoms with Crippen LogP contribution in [0.3, 0.4) is 0 Å². The molecule has 1 amide bonds. The molecule has 0 aliphatic carbocycles. The standard InChI is InChI=1S/C43H46ClN7O5S2.3ClH/c1-48(2)22-20-35(29-57-37-8-4-3-5-9-37)46-39-18-17-38(26-41(39)51(53)54)58(55,56)47-43(52)32-13-19-40-31(25-32)12-16-36-28-49(23-24-50(36)40)27-33-7-6-21-45-42(33)30-10-14-34(44)15-11-30;;;/h3-11,13-15,17-19,21,25-26,35-36,46H,12,16,20,22-24,27-29H2,1-2H3,(H,47,52);3*1H/t35-,36-;;;/m1.../s1. The van der Waals surface area contributed by atoms with Crippen molar-refractivity contribution < 1.29 is 18.1 Å². The van der Waals surface area contributed by atoms with Crippen LogP contribution < -0.4 is 14.9 Å². The zero-order chi connectivity index (χ0) is 40.8. The first kappa shape index (κ1) is 49.5. The Morgan fingerprint density at radius 3 is 2.46 bits per heavy atom. The normalized spacial score (nSPS) is 15.2. The number of aryl methyl sites for hydroxylation is 1. The third-order valence-electron chi connectivity index (χ3n) is 10.5. The summed E-state index contributed by atoms with van der Waals surface area (Å²) in [5, 5.41) is 16.2. The highest BCUT2D eigenvalue weighted by atomic mass is 35.5. The smallest absolute Gasteiger partial charge is 0.293 e. The summed E-state index contributed by atoms with van der Waals surface area (Å²) in [7, 11) is -0.516. The molecule has 61 heavy (non-hydrogen) atoms. The van der Waals surface area contributed by atoms with Gasteiger partial charge >= 0.3 is 0 Å². The number of hydrogen-bond donors (Lipinski definition) is 2. The number of thioether (sulfide) groups is 1. The molecule has 2 N–H and O–H groups in total. The van der Waals surface area contributed by atoms with Gasteiger partial charge in [-0.15, -0.1) is 49.0 Å². The van der Waals surface area contributed by atoms with E-state index >= 15 is 0 Å². The molecule has 1 saturated heterocycles. The topological polar surface area (TPSA) is 141 Å². The van der Waals surface area contributed by atoms with Crippen LogP contribution in [0.2, 0.25) is 5.02 Å². The number of nitro groups is 1. The van der Waals surface area contributed by atoms with Gasteiger partial charge in [-0.2, -0.15) is 0 Å². The lowest BCUT2D eigenvalue weighted by Gasteiger charge is -2.46. The van der Waals surface area contributed by atoms with Crippen molar-refractivity contribution in [2.45, 2.75) is 47.7 Å². The average Bonchev–Trinajstić information content (AvgIpc) is 3.22. The number of amides is 1. The van der Waals surface area contributed by atoms with E-state index in [2.05, 4.69) is 30.9 Å². The molecule has 7 rings (SSSR count). The van der Waals surface area contributed by atoms with Crippen LogP contribution in [0.5, 0.6) is 0 Å². The Morgan fingerprint density at radius 1 is 0.984 bits per heavy atom. The summed E-state index contributed by atoms with van der Waals surface area (Å²) in [4.78, 5) is 37.3. The molecular formula is C43H49Cl4N7O5S2. The molecule has 0 unspecified atom stereocenters. The minimum atomic E-state index is -4.44. The van der Waals surface area contributed by atoms with Crippen LogP contribution in [0, 0.1) is 10.1 Å². The summed E-state index contributed by atoms with van der Waals surface area (Å²) < 4.78 is 29.2. The minimum absolute atomic E-state index is 0. The Kier molecular flexibility index (Phi) is 18.1. The SMILES string of the molecule is CN(C)CC[C@H](CSc1ccccc1)Nc1ccc(S(=O)(=O)NC(=O)c2ccc3c(c2)CC[C@@H]2CN(Cc4cccnc4-c4ccc(Cl)cc4)CCN32)cc1[N+](=O)[O-].Cl.Cl.Cl. The van der Waals surface area contributed by atoms with E-state index in [1.54, 1.807) is 23.9 Å². The van der Waals surface area contributed by atoms with Crippen LogP contribution in [-0.2, 0) is 23.0 Å². The number of halogens is 4. The van der Waals surface area contributed by atoms with Crippen molar-refractivity contribution in [1.82, 2.24) is 19.5 Å². The number of nitro benzene ring substituents is 1. The molecule has 326 valence electrons. The molecule has 18 heteroatoms. The third-order valence-corrected chi connectivity index (χ3v) is 13.3. The van der Waals surface area contributed by atoms with Gasteiger partial charge in [0.25, 0.3) is 21.6 Å². The van der Waals surface area contributed by atoms with E-state index in [-0.39, 0.29) is 71.1 Å². The molecule has 2 aliphatic heterocycles. The van der Waals surface area contributed by atoms with Crippen LogP contribution in [0.15, 0.2) is 119 Å². The van der Waals surface area contributed by atoms with Gasteiger partial charge in [-0.1, -0.05) is 48.0 Å². The second kappa shape index (κ2) is 22.3. The van der Waals surface area contributed by atoms with Gasteiger partial charge in [-0.3, -0.25) is 24.8 Å². The summed E-state index contributed by atoms with van der Waals surface area (Å²) in [6.07, 6.45) is 4.14. The van der Waals surface area contributed by atoms with Gasteiger partial charge in [0.15, 0.2) is 0 Å². The van der Waals surface area contributed by atoms with Gasteiger partial charge < -0.3 is 15.1 Å². The van der Waals surface area contributed by atoms with Crippen molar-refractivity contribution >= 4 is 93.6 Å². The number of pyridine rings is 1. The van der Waals surface area contributed by atoms with Crippen molar-refractivity contribution in [2.75, 3.05) is 56.2 Å². The quantitative estimate of drug-likeness (QED) is 0.0591. The Balaban J connectivity index is 0.00000273. The number of nitrogens with zero attached hydrogens (tertiary/aromatic N) is 5. The molecule has 2 aliphatic rings. The fraction of sp³-hybridized carbons (Fsp3) is 0.302. The summed E-state index contributed by atoms with van der Waals surface area (Å²) >= 11 is 7.77. The van der Waals surface area contributed by atoms with E-state index < -0.39 is 20.9 Å². The number of fused-ring (bicyclic) bond motifs is 3. The van der Waals surface area contributed by atoms with Crippen LogP contribution in [0.25, 0.3) is 11.3 Å². The van der Waals surface area contributed by atoms with Crippen molar-refractivity contribution in [3.05, 3.63) is 141 Å². The number of benzene rings is 4. The van der Waals surface area contributed by atoms with E-state index in [9.17, 15) is 23.3 Å². The summed E-state index contributed by atoms with van der Waals surface area (Å²) in [5.74, 6) is -0.157. The first-order valence-corrected chi connectivity index (χ1v) is 22.0. The molecule has 0 saturated carbocycles. The Labute approximate surface area is 385 Å². The second-order valence-corrected chi connectivity index (χ2v) is 18.1. The van der Waals surface area contributed by atoms with Crippen LogP contribution in [-0.4, -0.2) is 92.1 Å². The van der Waals surface area contributed by atoms with Crippen LogP contribution >= 0.6 is 60.6 Å². The van der Waals surface area contributed by atoms with E-state index in [1.165, 1.54) is 12.1 Å². The first-order valence-electron chi connectivity index (χ1n) is 19.2. The number of hydrogen-bond acceptors (Lipinski definition) is 11. The van der Waals surface area contributed by atoms with E-state index in [0.29, 0.717) is 17.2 Å². The highest BCUT2D eigenvalue weighted by molar-refractivity contribution is 7.99. The van der Waals surface area contributed by atoms with Crippen LogP contribution in [0.1, 0.15) is 34.3 Å². The van der Waals surface area contributed by atoms with E-state index in [1.807, 2.05) is 91.9 Å². The molecule has 5 aromatic rings. The van der Waals surface area contributed by atoms with Gasteiger partial charge in [0.2, 0.25) is 0 Å². The number of carbonyl (C=O) groups is 1. The zero-order valence-corrected chi connectivity index (χ0v) is 38.4. The molecule has 0 spiro atoms. The number of rotatable bonds is 15. The maximum atomic E-state index is 13.5. The number of sulfonamides is 1. The maximum Gasteiger partial charge on any atom is 0.293 e. The summed E-state index contributed by atoms with van der Waals surface area (Å²) in [5.41, 5.74) is 5.18. The Bertz CT molecular complexity index is 2380. The number of nitrogens with one attached hydrogen (secondary N) is 2. The summed E-state index contributed by atoms with van der Waals surface area (Å²) in [6, 6.07) is 30.9. The molecular weight excluding hydrogens is 900 g/mol. The Morgan fingerprint density at radius 2 is 1.74 bits per heavy atom. The predicted octanol–water partition coefficient (Wildman–Crippen LogP) is 8.86. The van der Waals surface area contributed by atoms with Gasteiger partial charge in [-0.05, 0) is 112 Å². The molecule has 1 fully saturated rings. The van der Waals surface area contributed by atoms with E-state index in [4.69, 9.17) is 11.6 Å². The fourth-order valence-electron chi connectivity index (χ4n) is 7.57. The maximum absolute atomic E-state index is 13.5. The Hall–Kier alpha value is -4.12. The molecule has 4 aromatic carbocycles. The van der Waals surface area contributed by atoms with Crippen LogP contribution in [0.4, 0.5) is 17.1 Å². The molecule has 1 aromatic heterocycles. The van der Waals surface area contributed by atoms with Gasteiger partial charge in [0.1, 0.15) is 5.69 Å². The minimum Gasteiger partial charge on any atom is -0.376 e. The lowest BCUT2D eigenvalue weighted by atomic mass is 9.92. The van der Waals surface area contributed by atoms with Crippen molar-refractivity contribution in [1.29, 1.82) is 0 Å². The van der Waals surface area contributed by atoms with Crippen molar-refractivity contribution in [2.24, 2.45) is 0 Å². The van der Waals surface area contributed by atoms with Gasteiger partial charge in [-0.25, -0.2) is 13.1 Å². The highest BCUT2D eigenvalue weighted by Crippen LogP contribution is 2.35. The number of aromatic nitrogens is 1. The number of carbonyl (C=O) groups excluding carboxylic acids is 1. The highest BCUT2D eigenvalue weighted by Gasteiger charge is 2.33. The second-order valence-electron chi connectivity index (χ2n) is 14.9. The first-order chi connectivity index (χ1) is 27.9. The molecule has 3 heterocycles. The lowest BCUT2D eigenvalue weighted by molar-refractivity contribution is -0.384. The predicted molar refractivity (Wildman–Crippen MR) is 253 cm³/mol. The molecule has 2 atom stereocenters. The molecule has 0 bridgehead atoms. The van der Waals surface area contributed by atoms with Gasteiger partial charge in [0, 0.05) is 83.0 Å². The van der Waals surface area contributed by atoms with Gasteiger partial charge in [0.05, 0.1) is 15.5 Å². The number of piperazine rings is 1.